The van der Waals surface area contributed by atoms with E-state index in [1.165, 1.54) is 77.0 Å². The van der Waals surface area contributed by atoms with Crippen LogP contribution in [0.1, 0.15) is 271 Å². The molecule has 420 valence electrons. The summed E-state index contributed by atoms with van der Waals surface area (Å²) in [6.45, 7) is 6.37. The molecule has 0 rings (SSSR count). The van der Waals surface area contributed by atoms with Crippen LogP contribution in [0.15, 0.2) is 122 Å². The predicted octanol–water partition coefficient (Wildman–Crippen LogP) is 20.8. The molecule has 0 amide bonds. The summed E-state index contributed by atoms with van der Waals surface area (Å²) in [5, 5.41) is 0. The van der Waals surface area contributed by atoms with Crippen LogP contribution in [0.4, 0.5) is 0 Å². The van der Waals surface area contributed by atoms with Crippen LogP contribution in [0.2, 0.25) is 0 Å². The first kappa shape index (κ1) is 69.8. The van der Waals surface area contributed by atoms with Crippen molar-refractivity contribution in [1.82, 2.24) is 0 Å². The molecule has 0 fully saturated rings. The summed E-state index contributed by atoms with van der Waals surface area (Å²) >= 11 is 0. The van der Waals surface area contributed by atoms with Crippen LogP contribution >= 0.6 is 0 Å². The van der Waals surface area contributed by atoms with Crippen molar-refractivity contribution in [3.05, 3.63) is 122 Å². The van der Waals surface area contributed by atoms with Gasteiger partial charge < -0.3 is 14.2 Å². The Labute approximate surface area is 456 Å². The maximum absolute atomic E-state index is 12.8. The number of rotatable bonds is 54. The lowest BCUT2D eigenvalue weighted by Gasteiger charge is -2.18. The summed E-state index contributed by atoms with van der Waals surface area (Å²) in [5.41, 5.74) is 0. The fourth-order valence-corrected chi connectivity index (χ4v) is 8.11. The molecule has 0 aromatic carbocycles. The van der Waals surface area contributed by atoms with Crippen molar-refractivity contribution in [1.29, 1.82) is 0 Å². The van der Waals surface area contributed by atoms with E-state index in [0.717, 1.165) is 154 Å². The summed E-state index contributed by atoms with van der Waals surface area (Å²) < 4.78 is 16.8. The third kappa shape index (κ3) is 58.7. The van der Waals surface area contributed by atoms with Gasteiger partial charge in [-0.15, -0.1) is 0 Å². The minimum absolute atomic E-state index is 0.0890. The Morgan fingerprint density at radius 1 is 0.284 bits per heavy atom. The zero-order chi connectivity index (χ0) is 53.6. The molecule has 0 saturated carbocycles. The molecule has 1 unspecified atom stereocenters. The number of hydrogen-bond donors (Lipinski definition) is 0. The molecule has 0 bridgehead atoms. The number of hydrogen-bond acceptors (Lipinski definition) is 6. The van der Waals surface area contributed by atoms with Crippen LogP contribution in [-0.4, -0.2) is 37.2 Å². The van der Waals surface area contributed by atoms with E-state index >= 15 is 0 Å². The summed E-state index contributed by atoms with van der Waals surface area (Å²) in [6, 6.07) is 0. The lowest BCUT2D eigenvalue weighted by molar-refractivity contribution is -0.167. The Bertz CT molecular complexity index is 1550. The molecule has 74 heavy (non-hydrogen) atoms. The zero-order valence-corrected chi connectivity index (χ0v) is 48.1. The Hall–Kier alpha value is -4.19. The normalized spacial score (nSPS) is 13.0. The summed E-state index contributed by atoms with van der Waals surface area (Å²) in [4.78, 5) is 38.1. The van der Waals surface area contributed by atoms with Crippen LogP contribution in [0.3, 0.4) is 0 Å². The molecule has 6 heteroatoms. The Kier molecular flexibility index (Phi) is 57.9. The number of esters is 3. The van der Waals surface area contributed by atoms with Gasteiger partial charge in [0, 0.05) is 19.3 Å². The van der Waals surface area contributed by atoms with Crippen molar-refractivity contribution in [3.63, 3.8) is 0 Å². The van der Waals surface area contributed by atoms with E-state index in [1.54, 1.807) is 0 Å². The summed E-state index contributed by atoms with van der Waals surface area (Å²) in [5.74, 6) is -0.918. The predicted molar refractivity (Wildman–Crippen MR) is 320 cm³/mol. The molecule has 0 saturated heterocycles. The highest BCUT2D eigenvalue weighted by Gasteiger charge is 2.19. The minimum atomic E-state index is -0.791. The highest BCUT2D eigenvalue weighted by atomic mass is 16.6. The Morgan fingerprint density at radius 2 is 0.527 bits per heavy atom. The van der Waals surface area contributed by atoms with Crippen molar-refractivity contribution in [3.8, 4) is 0 Å². The molecular formula is C68H112O6. The zero-order valence-electron chi connectivity index (χ0n) is 48.1. The van der Waals surface area contributed by atoms with Gasteiger partial charge in [0.15, 0.2) is 6.10 Å². The van der Waals surface area contributed by atoms with Crippen LogP contribution < -0.4 is 0 Å². The fourth-order valence-electron chi connectivity index (χ4n) is 8.11. The van der Waals surface area contributed by atoms with Crippen molar-refractivity contribution >= 4 is 17.9 Å². The molecule has 1 atom stereocenters. The maximum Gasteiger partial charge on any atom is 0.306 e. The highest BCUT2D eigenvalue weighted by molar-refractivity contribution is 5.71. The topological polar surface area (TPSA) is 78.9 Å². The van der Waals surface area contributed by atoms with Crippen molar-refractivity contribution in [2.24, 2.45) is 0 Å². The number of carbonyl (C=O) groups excluding carboxylic acids is 3. The smallest absolute Gasteiger partial charge is 0.306 e. The molecule has 0 aliphatic carbocycles. The van der Waals surface area contributed by atoms with Gasteiger partial charge in [0.25, 0.3) is 0 Å². The maximum atomic E-state index is 12.8. The van der Waals surface area contributed by atoms with Gasteiger partial charge in [-0.2, -0.15) is 0 Å². The standard InChI is InChI=1S/C68H112O6/c1-4-7-10-13-16-19-22-24-25-26-27-28-29-30-31-32-33-34-35-36-37-38-39-40-41-42-43-45-46-49-52-55-58-61-67(70)73-64-65(63-72-66(69)60-57-54-51-48-21-18-15-12-9-6-3)74-68(71)62-59-56-53-50-47-44-23-20-17-14-11-8-5-2/h7,10-12,14-16,19-20,23-25,27-28,30-31,33-34,36-37,65H,4-6,8-9,13,17-18,21-22,26,29,32,35,38-64H2,1-3H3/b10-7-,14-11-,15-12-,19-16-,23-20-,25-24-,28-27-,31-30-,34-33-,37-36-. The lowest BCUT2D eigenvalue weighted by Crippen LogP contribution is -2.30. The quantitative estimate of drug-likeness (QED) is 0.0261. The van der Waals surface area contributed by atoms with Gasteiger partial charge >= 0.3 is 17.9 Å². The Morgan fingerprint density at radius 3 is 0.851 bits per heavy atom. The van der Waals surface area contributed by atoms with Crippen LogP contribution in [0.25, 0.3) is 0 Å². The first-order valence-electron chi connectivity index (χ1n) is 30.5. The van der Waals surface area contributed by atoms with E-state index < -0.39 is 6.10 Å². The van der Waals surface area contributed by atoms with Gasteiger partial charge in [0.1, 0.15) is 13.2 Å². The molecule has 0 radical (unpaired) electrons. The SMILES string of the molecule is CC/C=C\C/C=C\C/C=C\C/C=C\C/C=C\C/C=C\C/C=C\CCCCCCCCCCCCCC(=O)OCC(COC(=O)CCCCCCC/C=C\CCC)OC(=O)CCCCCCC/C=C\C/C=C\CCC. The fraction of sp³-hybridized carbons (Fsp3) is 0.662. The van der Waals surface area contributed by atoms with E-state index in [9.17, 15) is 14.4 Å². The van der Waals surface area contributed by atoms with Gasteiger partial charge in [-0.3, -0.25) is 14.4 Å². The average Bonchev–Trinajstić information content (AvgIpc) is 3.40. The van der Waals surface area contributed by atoms with Crippen molar-refractivity contribution in [2.75, 3.05) is 13.2 Å². The number of carbonyl (C=O) groups is 3. The first-order chi connectivity index (χ1) is 36.5. The third-order valence-corrected chi connectivity index (χ3v) is 12.6. The third-order valence-electron chi connectivity index (χ3n) is 12.6. The molecule has 0 aliphatic heterocycles. The molecule has 0 aromatic heterocycles. The van der Waals surface area contributed by atoms with Gasteiger partial charge in [-0.05, 0) is 122 Å². The van der Waals surface area contributed by atoms with Gasteiger partial charge in [0.05, 0.1) is 0 Å². The largest absolute Gasteiger partial charge is 0.462 e. The highest BCUT2D eigenvalue weighted by Crippen LogP contribution is 2.15. The monoisotopic (exact) mass is 1020 g/mol. The van der Waals surface area contributed by atoms with Crippen molar-refractivity contribution < 1.29 is 28.6 Å². The molecular weight excluding hydrogens is 913 g/mol. The van der Waals surface area contributed by atoms with E-state index in [0.29, 0.717) is 19.3 Å². The lowest BCUT2D eigenvalue weighted by atomic mass is 10.0. The minimum Gasteiger partial charge on any atom is -0.462 e. The van der Waals surface area contributed by atoms with E-state index in [2.05, 4.69) is 142 Å². The van der Waals surface area contributed by atoms with Gasteiger partial charge in [-0.1, -0.05) is 251 Å². The summed E-state index contributed by atoms with van der Waals surface area (Å²) in [7, 11) is 0. The van der Waals surface area contributed by atoms with E-state index in [-0.39, 0.29) is 31.1 Å². The molecule has 0 spiro atoms. The summed E-state index contributed by atoms with van der Waals surface area (Å²) in [6.07, 6.45) is 85.0. The number of allylic oxidation sites excluding steroid dienone is 20. The second-order valence-electron chi connectivity index (χ2n) is 19.9. The molecule has 0 aromatic rings. The van der Waals surface area contributed by atoms with E-state index in [1.807, 2.05) is 0 Å². The van der Waals surface area contributed by atoms with Gasteiger partial charge in [-0.25, -0.2) is 0 Å². The molecule has 0 heterocycles. The number of ether oxygens (including phenoxy) is 3. The second kappa shape index (κ2) is 61.4. The molecule has 0 N–H and O–H groups in total. The van der Waals surface area contributed by atoms with Crippen LogP contribution in [0.5, 0.6) is 0 Å². The van der Waals surface area contributed by atoms with Crippen LogP contribution in [0, 0.1) is 0 Å². The number of unbranched alkanes of at least 4 members (excludes halogenated alkanes) is 23. The van der Waals surface area contributed by atoms with E-state index in [4.69, 9.17) is 14.2 Å². The second-order valence-corrected chi connectivity index (χ2v) is 19.9. The van der Waals surface area contributed by atoms with Gasteiger partial charge in [0.2, 0.25) is 0 Å². The Balaban J connectivity index is 4.16. The average molecular weight is 1030 g/mol. The first-order valence-corrected chi connectivity index (χ1v) is 30.5. The molecule has 6 nitrogen and oxygen atoms in total. The molecule has 0 aliphatic rings. The van der Waals surface area contributed by atoms with Crippen molar-refractivity contribution in [2.45, 2.75) is 277 Å². The van der Waals surface area contributed by atoms with Crippen LogP contribution in [-0.2, 0) is 28.6 Å².